The third kappa shape index (κ3) is 286. The Labute approximate surface area is 52.8 Å². The Kier molecular flexibility index (Phi) is 979. The molecule has 3 heteroatoms. The fourth-order valence-corrected chi connectivity index (χ4v) is 0. The molecule has 7 heavy (non-hydrogen) atoms. The van der Waals surface area contributed by atoms with Crippen molar-refractivity contribution in [1.82, 2.24) is 0 Å². The average molecular weight is 108 g/mol. The second-order valence-corrected chi connectivity index (χ2v) is 1.22. The molecular formula is C4H5AlN2. The zero-order valence-corrected chi connectivity index (χ0v) is 5.33. The van der Waals surface area contributed by atoms with E-state index < -0.39 is 0 Å². The Morgan fingerprint density at radius 2 is 1.29 bits per heavy atom. The van der Waals surface area contributed by atoms with Gasteiger partial charge >= 0.3 is 28.5 Å². The molecular weight excluding hydrogens is 103 g/mol. The quantitative estimate of drug-likeness (QED) is 0.340. The van der Waals surface area contributed by atoms with Gasteiger partial charge in [-0.05, 0) is 0 Å². The van der Waals surface area contributed by atoms with Crippen molar-refractivity contribution in [3.05, 3.63) is 13.1 Å². The van der Waals surface area contributed by atoms with Gasteiger partial charge < -0.3 is 23.7 Å². The van der Waals surface area contributed by atoms with Crippen LogP contribution in [0.4, 0.5) is 0 Å². The van der Waals surface area contributed by atoms with Crippen LogP contribution in [0.15, 0.2) is 0 Å². The smallest absolute Gasteiger partial charge is 0.488 e. The van der Waals surface area contributed by atoms with Gasteiger partial charge in [0, 0.05) is 0 Å². The fourth-order valence-electron chi connectivity index (χ4n) is 0. The maximum absolute atomic E-state index is 6.25. The van der Waals surface area contributed by atoms with E-state index in [0.29, 0.717) is 0 Å². The fraction of sp³-hybridized carbons (Fsp3) is 0.500. The minimum atomic E-state index is 1.17. The van der Waals surface area contributed by atoms with Crippen LogP contribution in [-0.2, 0) is 0 Å². The molecule has 0 rings (SSSR count). The number of rotatable bonds is 0. The summed E-state index contributed by atoms with van der Waals surface area (Å²) in [6.07, 6.45) is 0. The summed E-state index contributed by atoms with van der Waals surface area (Å²) in [5.41, 5.74) is 0. The minimum absolute atomic E-state index is 1.17. The molecule has 0 heterocycles. The predicted octanol–water partition coefficient (Wildman–Crippen LogP) is 0.786. The van der Waals surface area contributed by atoms with Gasteiger partial charge in [-0.3, -0.25) is 0 Å². The van der Waals surface area contributed by atoms with Crippen molar-refractivity contribution in [2.24, 2.45) is 0 Å². The van der Waals surface area contributed by atoms with Crippen LogP contribution in [0.25, 0.3) is 0 Å². The molecule has 2 nitrogen and oxygen atoms in total. The van der Waals surface area contributed by atoms with Gasteiger partial charge in [0.2, 0.25) is 0 Å². The van der Waals surface area contributed by atoms with Crippen LogP contribution < -0.4 is 0 Å². The van der Waals surface area contributed by atoms with Crippen molar-refractivity contribution in [3.8, 4) is 0 Å². The third-order valence-corrected chi connectivity index (χ3v) is 0. The summed E-state index contributed by atoms with van der Waals surface area (Å²) in [4.78, 5) is 0. The molecule has 0 N–H and O–H groups in total. The van der Waals surface area contributed by atoms with E-state index in [2.05, 4.69) is 23.2 Å². The van der Waals surface area contributed by atoms with Crippen LogP contribution >= 0.6 is 0 Å². The monoisotopic (exact) mass is 108 g/mol. The van der Waals surface area contributed by atoms with E-state index >= 15 is 0 Å². The standard InChI is InChI=1S/C2H5.2CN.Al/c3*1-2;/h1H2,2H3;;;/q;2*-1;+2. The first kappa shape index (κ1) is 16.0. The molecule has 0 aliphatic heterocycles. The molecule has 0 atom stereocenters. The van der Waals surface area contributed by atoms with Crippen molar-refractivity contribution in [3.63, 3.8) is 0 Å². The van der Waals surface area contributed by atoms with Gasteiger partial charge in [0.25, 0.3) is 0 Å². The molecule has 0 saturated carbocycles. The Bertz CT molecular complexity index is 33.4. The van der Waals surface area contributed by atoms with Crippen molar-refractivity contribution in [2.75, 3.05) is 0 Å². The van der Waals surface area contributed by atoms with Crippen LogP contribution in [0.5, 0.6) is 0 Å². The van der Waals surface area contributed by atoms with Gasteiger partial charge in [-0.2, -0.15) is 0 Å². The molecule has 0 aliphatic rings. The van der Waals surface area contributed by atoms with E-state index in [1.165, 1.54) is 5.28 Å². The van der Waals surface area contributed by atoms with Gasteiger partial charge in [-0.25, -0.2) is 0 Å². The summed E-state index contributed by atoms with van der Waals surface area (Å²) < 4.78 is 0. The second kappa shape index (κ2) is 427. The van der Waals surface area contributed by atoms with Crippen LogP contribution in [0.1, 0.15) is 6.92 Å². The molecule has 0 spiro atoms. The molecule has 0 fully saturated rings. The van der Waals surface area contributed by atoms with Crippen molar-refractivity contribution in [1.29, 1.82) is 10.5 Å². The molecule has 0 unspecified atom stereocenters. The van der Waals surface area contributed by atoms with Crippen LogP contribution in [0.3, 0.4) is 0 Å². The van der Waals surface area contributed by atoms with E-state index in [9.17, 15) is 0 Å². The van der Waals surface area contributed by atoms with Crippen molar-refractivity contribution < 1.29 is 0 Å². The van der Waals surface area contributed by atoms with E-state index in [0.717, 1.165) is 0 Å². The first-order valence-electron chi connectivity index (χ1n) is 1.56. The molecule has 0 aromatic heterocycles. The molecule has 0 saturated heterocycles. The zero-order chi connectivity index (χ0) is 6.71. The Balaban J connectivity index is -0.0000000360. The normalized spacial score (nSPS) is 3.29. The minimum Gasteiger partial charge on any atom is -0.512 e. The van der Waals surface area contributed by atoms with E-state index in [-0.39, 0.29) is 0 Å². The molecule has 34 valence electrons. The first-order valence-corrected chi connectivity index (χ1v) is 2.38. The second-order valence-electron chi connectivity index (χ2n) is 0.408. The molecule has 0 amide bonds. The third-order valence-electron chi connectivity index (χ3n) is 0. The Morgan fingerprint density at radius 3 is 1.29 bits per heavy atom. The van der Waals surface area contributed by atoms with Crippen molar-refractivity contribution in [2.45, 2.75) is 12.2 Å². The molecule has 0 radical (unpaired) electrons. The van der Waals surface area contributed by atoms with Crippen LogP contribution in [0.2, 0.25) is 5.28 Å². The summed E-state index contributed by atoms with van der Waals surface area (Å²) in [5.74, 6) is 0. The van der Waals surface area contributed by atoms with Gasteiger partial charge in [0.1, 0.15) is 0 Å². The number of hydrogen-bond donors (Lipinski definition) is 0. The Morgan fingerprint density at radius 1 is 1.29 bits per heavy atom. The van der Waals surface area contributed by atoms with E-state index in [1.807, 2.05) is 0 Å². The molecule has 0 aromatic carbocycles. The summed E-state index contributed by atoms with van der Waals surface area (Å²) in [7, 11) is 0. The molecule has 0 bridgehead atoms. The van der Waals surface area contributed by atoms with Gasteiger partial charge in [0.15, 0.2) is 0 Å². The van der Waals surface area contributed by atoms with E-state index in [1.54, 1.807) is 0 Å². The molecule has 0 aromatic rings. The van der Waals surface area contributed by atoms with Crippen LogP contribution in [-0.4, -0.2) is 16.3 Å². The average Bonchev–Trinajstić information content (AvgIpc) is 1.78. The Hall–Kier alpha value is -0.488. The summed E-state index contributed by atoms with van der Waals surface area (Å²) in [6.45, 7) is 11.6. The maximum atomic E-state index is 6.25. The predicted molar refractivity (Wildman–Crippen MR) is 26.2 cm³/mol. The largest absolute Gasteiger partial charge is 0.512 e. The van der Waals surface area contributed by atoms with Gasteiger partial charge in [0.05, 0.1) is 0 Å². The summed E-state index contributed by atoms with van der Waals surface area (Å²) in [6, 6.07) is 0. The zero-order valence-electron chi connectivity index (χ0n) is 4.18. The molecule has 0 aliphatic carbocycles. The van der Waals surface area contributed by atoms with Crippen molar-refractivity contribution >= 4 is 16.3 Å². The van der Waals surface area contributed by atoms with Gasteiger partial charge in [-0.15, -0.1) is 0 Å². The van der Waals surface area contributed by atoms with E-state index in [4.69, 9.17) is 23.7 Å². The SMILES string of the molecule is C[CH2][Al+2].[C-]#N.[C-]#N. The summed E-state index contributed by atoms with van der Waals surface area (Å²) in [5, 5.41) is 13.7. The number of hydrogen-bond acceptors (Lipinski definition) is 2. The topological polar surface area (TPSA) is 47.6 Å². The number of nitrogens with zero attached hydrogens (tertiary/aromatic N) is 2. The van der Waals surface area contributed by atoms with Crippen LogP contribution in [0, 0.1) is 23.7 Å². The van der Waals surface area contributed by atoms with Gasteiger partial charge in [-0.1, -0.05) is 0 Å². The maximum Gasteiger partial charge on any atom is -0.488 e. The summed E-state index contributed by atoms with van der Waals surface area (Å²) >= 11 is 2.58. The first-order chi connectivity index (χ1) is 3.41.